The Bertz CT molecular complexity index is 481. The number of methoxy groups -OCH3 is 1. The Labute approximate surface area is 120 Å². The summed E-state index contributed by atoms with van der Waals surface area (Å²) in [6.45, 7) is -2.98. The minimum atomic E-state index is -3.06. The van der Waals surface area contributed by atoms with Crippen molar-refractivity contribution < 1.29 is 32.6 Å². The van der Waals surface area contributed by atoms with E-state index in [1.54, 1.807) is 0 Å². The van der Waals surface area contributed by atoms with Gasteiger partial charge in [0.15, 0.2) is 6.61 Å². The van der Waals surface area contributed by atoms with Gasteiger partial charge in [-0.25, -0.2) is 4.79 Å². The van der Waals surface area contributed by atoms with E-state index < -0.39 is 25.1 Å². The van der Waals surface area contributed by atoms with Crippen molar-refractivity contribution in [1.29, 1.82) is 0 Å². The molecule has 0 unspecified atom stereocenters. The first-order valence-corrected chi connectivity index (χ1v) is 6.01. The van der Waals surface area contributed by atoms with E-state index in [4.69, 9.17) is 9.47 Å². The molecule has 0 saturated carbocycles. The van der Waals surface area contributed by atoms with E-state index in [0.717, 1.165) is 0 Å². The van der Waals surface area contributed by atoms with Crippen LogP contribution in [-0.2, 0) is 14.3 Å². The molecule has 0 aliphatic carbocycles. The summed E-state index contributed by atoms with van der Waals surface area (Å²) in [7, 11) is 1.48. The Hall–Kier alpha value is -2.22. The number of hydrogen-bond donors (Lipinski definition) is 1. The van der Waals surface area contributed by atoms with Gasteiger partial charge in [0, 0.05) is 13.7 Å². The number of para-hydroxylation sites is 1. The maximum Gasteiger partial charge on any atom is 0.387 e. The molecule has 1 rings (SSSR count). The topological polar surface area (TPSA) is 73.9 Å². The zero-order valence-corrected chi connectivity index (χ0v) is 11.3. The predicted molar refractivity (Wildman–Crippen MR) is 68.2 cm³/mol. The van der Waals surface area contributed by atoms with Crippen molar-refractivity contribution in [1.82, 2.24) is 5.32 Å². The number of hydrogen-bond acceptors (Lipinski definition) is 5. The molecule has 0 aliphatic rings. The number of halogens is 2. The Kier molecular flexibility index (Phi) is 7.10. The highest BCUT2D eigenvalue weighted by atomic mass is 19.3. The van der Waals surface area contributed by atoms with E-state index in [9.17, 15) is 18.4 Å². The van der Waals surface area contributed by atoms with Crippen LogP contribution in [0.3, 0.4) is 0 Å². The fourth-order valence-electron chi connectivity index (χ4n) is 1.39. The molecule has 0 aliphatic heterocycles. The molecule has 6 nitrogen and oxygen atoms in total. The van der Waals surface area contributed by atoms with Gasteiger partial charge in [0.2, 0.25) is 0 Å². The molecule has 0 atom stereocenters. The highest BCUT2D eigenvalue weighted by Crippen LogP contribution is 2.20. The fourth-order valence-corrected chi connectivity index (χ4v) is 1.39. The summed E-state index contributed by atoms with van der Waals surface area (Å²) in [6.07, 6.45) is 0. The standard InChI is InChI=1S/C13H15F2NO5/c1-19-7-6-16-11(17)8-20-12(18)9-4-2-3-5-10(9)21-13(14)15/h2-5,13H,6-8H2,1H3,(H,16,17). The predicted octanol–water partition coefficient (Wildman–Crippen LogP) is 1.21. The lowest BCUT2D eigenvalue weighted by Crippen LogP contribution is -2.31. The van der Waals surface area contributed by atoms with Gasteiger partial charge in [0.1, 0.15) is 11.3 Å². The Morgan fingerprint density at radius 2 is 2.00 bits per heavy atom. The number of rotatable bonds is 8. The van der Waals surface area contributed by atoms with Gasteiger partial charge in [0.05, 0.1) is 6.61 Å². The molecule has 1 aromatic carbocycles. The molecular formula is C13H15F2NO5. The van der Waals surface area contributed by atoms with Gasteiger partial charge in [-0.3, -0.25) is 4.79 Å². The number of ether oxygens (including phenoxy) is 3. The van der Waals surface area contributed by atoms with Crippen LogP contribution in [0.15, 0.2) is 24.3 Å². The number of benzene rings is 1. The highest BCUT2D eigenvalue weighted by molar-refractivity contribution is 5.93. The lowest BCUT2D eigenvalue weighted by Gasteiger charge is -2.10. The molecule has 0 fully saturated rings. The molecule has 1 aromatic rings. The van der Waals surface area contributed by atoms with Crippen molar-refractivity contribution in [2.24, 2.45) is 0 Å². The molecule has 0 spiro atoms. The molecule has 21 heavy (non-hydrogen) atoms. The van der Waals surface area contributed by atoms with Gasteiger partial charge in [-0.15, -0.1) is 0 Å². The quantitative estimate of drug-likeness (QED) is 0.577. The van der Waals surface area contributed by atoms with Gasteiger partial charge >= 0.3 is 12.6 Å². The maximum absolute atomic E-state index is 12.2. The van der Waals surface area contributed by atoms with E-state index in [-0.39, 0.29) is 17.9 Å². The van der Waals surface area contributed by atoms with Gasteiger partial charge in [-0.1, -0.05) is 12.1 Å². The zero-order valence-electron chi connectivity index (χ0n) is 11.3. The summed E-state index contributed by atoms with van der Waals surface area (Å²) in [6, 6.07) is 5.38. The van der Waals surface area contributed by atoms with Crippen LogP contribution >= 0.6 is 0 Å². The fraction of sp³-hybridized carbons (Fsp3) is 0.385. The van der Waals surface area contributed by atoms with Crippen LogP contribution in [0.25, 0.3) is 0 Å². The van der Waals surface area contributed by atoms with E-state index in [0.29, 0.717) is 6.61 Å². The normalized spacial score (nSPS) is 10.3. The lowest BCUT2D eigenvalue weighted by molar-refractivity contribution is -0.124. The van der Waals surface area contributed by atoms with Crippen LogP contribution in [0.5, 0.6) is 5.75 Å². The van der Waals surface area contributed by atoms with Crippen LogP contribution in [-0.4, -0.2) is 45.4 Å². The first-order valence-electron chi connectivity index (χ1n) is 6.01. The smallest absolute Gasteiger partial charge is 0.387 e. The third-order valence-electron chi connectivity index (χ3n) is 2.29. The second kappa shape index (κ2) is 8.85. The second-order valence-electron chi connectivity index (χ2n) is 3.79. The Balaban J connectivity index is 2.54. The number of carbonyl (C=O) groups excluding carboxylic acids is 2. The Morgan fingerprint density at radius 3 is 2.67 bits per heavy atom. The first-order chi connectivity index (χ1) is 10.0. The summed E-state index contributed by atoms with van der Waals surface area (Å²) in [5, 5.41) is 2.44. The van der Waals surface area contributed by atoms with Gasteiger partial charge in [0.25, 0.3) is 5.91 Å². The number of alkyl halides is 2. The Morgan fingerprint density at radius 1 is 1.29 bits per heavy atom. The molecule has 1 N–H and O–H groups in total. The SMILES string of the molecule is COCCNC(=O)COC(=O)c1ccccc1OC(F)F. The van der Waals surface area contributed by atoms with Crippen LogP contribution in [0.4, 0.5) is 8.78 Å². The molecule has 8 heteroatoms. The van der Waals surface area contributed by atoms with E-state index in [2.05, 4.69) is 10.1 Å². The van der Waals surface area contributed by atoms with Crippen LogP contribution < -0.4 is 10.1 Å². The highest BCUT2D eigenvalue weighted by Gasteiger charge is 2.17. The molecule has 0 radical (unpaired) electrons. The van der Waals surface area contributed by atoms with Crippen molar-refractivity contribution >= 4 is 11.9 Å². The van der Waals surface area contributed by atoms with E-state index in [1.165, 1.54) is 31.4 Å². The van der Waals surface area contributed by atoms with Crippen LogP contribution in [0.1, 0.15) is 10.4 Å². The molecule has 0 bridgehead atoms. The van der Waals surface area contributed by atoms with Crippen LogP contribution in [0.2, 0.25) is 0 Å². The summed E-state index contributed by atoms with van der Waals surface area (Å²) in [5.41, 5.74) is -0.178. The van der Waals surface area contributed by atoms with Crippen LogP contribution in [0, 0.1) is 0 Å². The molecular weight excluding hydrogens is 288 g/mol. The molecule has 116 valence electrons. The maximum atomic E-state index is 12.2. The average Bonchev–Trinajstić information content (AvgIpc) is 2.45. The lowest BCUT2D eigenvalue weighted by atomic mass is 10.2. The number of carbonyl (C=O) groups is 2. The minimum Gasteiger partial charge on any atom is -0.452 e. The van der Waals surface area contributed by atoms with Gasteiger partial charge in [-0.05, 0) is 12.1 Å². The largest absolute Gasteiger partial charge is 0.452 e. The minimum absolute atomic E-state index is 0.178. The second-order valence-corrected chi connectivity index (χ2v) is 3.79. The summed E-state index contributed by atoms with van der Waals surface area (Å²) in [5.74, 6) is -1.75. The third-order valence-corrected chi connectivity index (χ3v) is 2.29. The number of nitrogens with one attached hydrogen (secondary N) is 1. The van der Waals surface area contributed by atoms with Crippen molar-refractivity contribution in [2.75, 3.05) is 26.9 Å². The monoisotopic (exact) mass is 303 g/mol. The van der Waals surface area contributed by atoms with Gasteiger partial charge in [-0.2, -0.15) is 8.78 Å². The van der Waals surface area contributed by atoms with Crippen molar-refractivity contribution in [3.8, 4) is 5.75 Å². The van der Waals surface area contributed by atoms with Gasteiger partial charge < -0.3 is 19.5 Å². The van der Waals surface area contributed by atoms with E-state index >= 15 is 0 Å². The average molecular weight is 303 g/mol. The number of amides is 1. The summed E-state index contributed by atoms with van der Waals surface area (Å²) >= 11 is 0. The van der Waals surface area contributed by atoms with E-state index in [1.807, 2.05) is 0 Å². The zero-order chi connectivity index (χ0) is 15.7. The molecule has 0 saturated heterocycles. The van der Waals surface area contributed by atoms with Crippen molar-refractivity contribution in [2.45, 2.75) is 6.61 Å². The first kappa shape index (κ1) is 16.8. The third kappa shape index (κ3) is 6.17. The summed E-state index contributed by atoms with van der Waals surface area (Å²) in [4.78, 5) is 23.1. The molecule has 0 aromatic heterocycles. The molecule has 0 heterocycles. The summed E-state index contributed by atoms with van der Waals surface area (Å²) < 4.78 is 38.1. The van der Waals surface area contributed by atoms with Crippen molar-refractivity contribution in [3.63, 3.8) is 0 Å². The molecule has 1 amide bonds. The number of esters is 1. The van der Waals surface area contributed by atoms with Crippen molar-refractivity contribution in [3.05, 3.63) is 29.8 Å².